The highest BCUT2D eigenvalue weighted by Gasteiger charge is 2.46. The molecule has 0 aliphatic heterocycles. The Morgan fingerprint density at radius 2 is 1.21 bits per heavy atom. The van der Waals surface area contributed by atoms with Gasteiger partial charge in [-0.15, -0.1) is 0 Å². The topological polar surface area (TPSA) is 54.4 Å². The summed E-state index contributed by atoms with van der Waals surface area (Å²) >= 11 is 0. The Morgan fingerprint density at radius 3 is 1.75 bits per heavy atom. The van der Waals surface area contributed by atoms with Crippen molar-refractivity contribution in [1.82, 2.24) is 0 Å². The molecule has 0 bridgehead atoms. The highest BCUT2D eigenvalue weighted by atomic mass is 32.2. The molecular formula is C24H40O3S. The Kier molecular flexibility index (Phi) is 6.87. The van der Waals surface area contributed by atoms with E-state index in [2.05, 4.69) is 6.08 Å². The molecule has 0 aromatic rings. The van der Waals surface area contributed by atoms with Crippen molar-refractivity contribution in [2.24, 2.45) is 29.6 Å². The van der Waals surface area contributed by atoms with Crippen molar-refractivity contribution < 1.29 is 13.0 Å². The average Bonchev–Trinajstić information content (AvgIpc) is 2.74. The lowest BCUT2D eigenvalue weighted by Crippen LogP contribution is -2.44. The molecule has 0 radical (unpaired) electrons. The molecule has 4 rings (SSSR count). The zero-order valence-electron chi connectivity index (χ0n) is 17.5. The lowest BCUT2D eigenvalue weighted by Gasteiger charge is -2.45. The van der Waals surface area contributed by atoms with Gasteiger partial charge in [-0.25, -0.2) is 0 Å². The van der Waals surface area contributed by atoms with E-state index in [0.717, 1.165) is 43.6 Å². The standard InChI is InChI=1S/C24H40O3S/c25-28(26,27)24-22(19-12-6-2-7-13-19)16-21(18-10-4-1-5-11-18)17-23(24)20-14-8-3-9-15-20/h16,18-21,23-24H,1-15,17H2,(H,25,26,27)/t21-,23?,24?/m1/s1. The van der Waals surface area contributed by atoms with Crippen molar-refractivity contribution in [1.29, 1.82) is 0 Å². The summed E-state index contributed by atoms with van der Waals surface area (Å²) in [7, 11) is -4.05. The number of hydrogen-bond donors (Lipinski definition) is 1. The molecule has 160 valence electrons. The summed E-state index contributed by atoms with van der Waals surface area (Å²) in [4.78, 5) is 0. The van der Waals surface area contributed by atoms with Gasteiger partial charge in [-0.2, -0.15) is 8.42 Å². The van der Waals surface area contributed by atoms with Crippen LogP contribution in [0, 0.1) is 29.6 Å². The summed E-state index contributed by atoms with van der Waals surface area (Å²) in [5.74, 6) is 2.30. The minimum absolute atomic E-state index is 0.143. The third kappa shape index (κ3) is 4.69. The van der Waals surface area contributed by atoms with Crippen LogP contribution in [0.3, 0.4) is 0 Å². The molecule has 4 aliphatic carbocycles. The van der Waals surface area contributed by atoms with E-state index < -0.39 is 15.4 Å². The molecule has 28 heavy (non-hydrogen) atoms. The maximum absolute atomic E-state index is 12.7. The van der Waals surface area contributed by atoms with Crippen LogP contribution in [0.15, 0.2) is 11.6 Å². The van der Waals surface area contributed by atoms with Crippen LogP contribution < -0.4 is 0 Å². The number of allylic oxidation sites excluding steroid dienone is 1. The van der Waals surface area contributed by atoms with Gasteiger partial charge in [0.05, 0.1) is 0 Å². The van der Waals surface area contributed by atoms with Gasteiger partial charge in [-0.05, 0) is 61.7 Å². The molecule has 3 saturated carbocycles. The maximum Gasteiger partial charge on any atom is 0.271 e. The van der Waals surface area contributed by atoms with Crippen molar-refractivity contribution in [2.75, 3.05) is 0 Å². The summed E-state index contributed by atoms with van der Waals surface area (Å²) in [6, 6.07) is 0. The van der Waals surface area contributed by atoms with Crippen molar-refractivity contribution >= 4 is 10.1 Å². The van der Waals surface area contributed by atoms with Gasteiger partial charge in [0.1, 0.15) is 5.25 Å². The molecule has 4 aliphatic rings. The summed E-state index contributed by atoms with van der Waals surface area (Å²) in [5.41, 5.74) is 1.14. The molecule has 3 atom stereocenters. The number of rotatable bonds is 4. The third-order valence-corrected chi connectivity index (χ3v) is 9.84. The maximum atomic E-state index is 12.7. The Hall–Kier alpha value is -0.350. The lowest BCUT2D eigenvalue weighted by atomic mass is 9.64. The average molecular weight is 409 g/mol. The first-order chi connectivity index (χ1) is 13.5. The highest BCUT2D eigenvalue weighted by molar-refractivity contribution is 7.86. The Balaban J connectivity index is 1.68. The third-order valence-electron chi connectivity index (χ3n) is 8.58. The van der Waals surface area contributed by atoms with Crippen LogP contribution >= 0.6 is 0 Å². The Bertz CT molecular complexity index is 635. The SMILES string of the molecule is O=S(=O)(O)C1C(C2CCCCC2)=C[C@@H](C2CCCCC2)CC1C1CCCCC1. The van der Waals surface area contributed by atoms with Gasteiger partial charge in [-0.3, -0.25) is 4.55 Å². The zero-order chi connectivity index (χ0) is 19.6. The van der Waals surface area contributed by atoms with Gasteiger partial charge in [0, 0.05) is 0 Å². The van der Waals surface area contributed by atoms with Crippen LogP contribution in [0.4, 0.5) is 0 Å². The van der Waals surface area contributed by atoms with E-state index in [1.54, 1.807) is 0 Å². The summed E-state index contributed by atoms with van der Waals surface area (Å²) < 4.78 is 35.8. The predicted molar refractivity (Wildman–Crippen MR) is 115 cm³/mol. The molecule has 0 aromatic carbocycles. The second-order valence-electron chi connectivity index (χ2n) is 10.3. The van der Waals surface area contributed by atoms with E-state index in [-0.39, 0.29) is 5.92 Å². The van der Waals surface area contributed by atoms with E-state index >= 15 is 0 Å². The van der Waals surface area contributed by atoms with E-state index in [4.69, 9.17) is 0 Å². The second kappa shape index (κ2) is 9.20. The smallest absolute Gasteiger partial charge is 0.271 e. The van der Waals surface area contributed by atoms with E-state index in [1.807, 2.05) is 0 Å². The van der Waals surface area contributed by atoms with Crippen LogP contribution in [-0.4, -0.2) is 18.2 Å². The minimum Gasteiger partial charge on any atom is -0.285 e. The molecular weight excluding hydrogens is 368 g/mol. The number of hydrogen-bond acceptors (Lipinski definition) is 2. The quantitative estimate of drug-likeness (QED) is 0.424. The van der Waals surface area contributed by atoms with E-state index in [0.29, 0.717) is 17.8 Å². The first-order valence-electron chi connectivity index (χ1n) is 12.2. The lowest BCUT2D eigenvalue weighted by molar-refractivity contribution is 0.162. The fourth-order valence-corrected chi connectivity index (χ4v) is 8.58. The molecule has 2 unspecified atom stereocenters. The molecule has 0 saturated heterocycles. The van der Waals surface area contributed by atoms with Gasteiger partial charge >= 0.3 is 0 Å². The molecule has 0 heterocycles. The van der Waals surface area contributed by atoms with Crippen LogP contribution in [-0.2, 0) is 10.1 Å². The van der Waals surface area contributed by atoms with E-state index in [9.17, 15) is 13.0 Å². The molecule has 0 spiro atoms. The Labute approximate surface area is 172 Å². The minimum atomic E-state index is -4.05. The summed E-state index contributed by atoms with van der Waals surface area (Å²) in [5, 5.41) is -0.612. The zero-order valence-corrected chi connectivity index (χ0v) is 18.3. The largest absolute Gasteiger partial charge is 0.285 e. The van der Waals surface area contributed by atoms with Crippen molar-refractivity contribution in [3.63, 3.8) is 0 Å². The van der Waals surface area contributed by atoms with Gasteiger partial charge in [0.15, 0.2) is 0 Å². The molecule has 0 aromatic heterocycles. The van der Waals surface area contributed by atoms with Crippen LogP contribution in [0.5, 0.6) is 0 Å². The molecule has 0 amide bonds. The molecule has 1 N–H and O–H groups in total. The summed E-state index contributed by atoms with van der Waals surface area (Å²) in [6.45, 7) is 0. The first kappa shape index (κ1) is 20.9. The van der Waals surface area contributed by atoms with Gasteiger partial charge < -0.3 is 0 Å². The van der Waals surface area contributed by atoms with Gasteiger partial charge in [0.25, 0.3) is 10.1 Å². The summed E-state index contributed by atoms with van der Waals surface area (Å²) in [6.07, 6.45) is 22.1. The first-order valence-corrected chi connectivity index (χ1v) is 13.7. The molecule has 4 heteroatoms. The molecule has 3 fully saturated rings. The van der Waals surface area contributed by atoms with Crippen LogP contribution in [0.2, 0.25) is 0 Å². The van der Waals surface area contributed by atoms with Crippen LogP contribution in [0.25, 0.3) is 0 Å². The van der Waals surface area contributed by atoms with Gasteiger partial charge in [-0.1, -0.05) is 82.3 Å². The van der Waals surface area contributed by atoms with Crippen LogP contribution in [0.1, 0.15) is 103 Å². The normalized spacial score (nSPS) is 34.9. The fraction of sp³-hybridized carbons (Fsp3) is 0.917. The van der Waals surface area contributed by atoms with Crippen molar-refractivity contribution in [3.8, 4) is 0 Å². The van der Waals surface area contributed by atoms with Crippen molar-refractivity contribution in [2.45, 2.75) is 108 Å². The van der Waals surface area contributed by atoms with Gasteiger partial charge in [0.2, 0.25) is 0 Å². The second-order valence-corrected chi connectivity index (χ2v) is 11.8. The monoisotopic (exact) mass is 408 g/mol. The van der Waals surface area contributed by atoms with E-state index in [1.165, 1.54) is 70.6 Å². The predicted octanol–water partition coefficient (Wildman–Crippen LogP) is 6.55. The molecule has 3 nitrogen and oxygen atoms in total. The Morgan fingerprint density at radius 1 is 0.714 bits per heavy atom. The fourth-order valence-electron chi connectivity index (χ4n) is 7.19. The van der Waals surface area contributed by atoms with Crippen molar-refractivity contribution in [3.05, 3.63) is 11.6 Å². The highest BCUT2D eigenvalue weighted by Crippen LogP contribution is 2.49.